The highest BCUT2D eigenvalue weighted by Crippen LogP contribution is 2.25. The Morgan fingerprint density at radius 1 is 1.03 bits per heavy atom. The van der Waals surface area contributed by atoms with Crippen molar-refractivity contribution in [3.05, 3.63) is 75.9 Å². The van der Waals surface area contributed by atoms with Gasteiger partial charge in [-0.15, -0.1) is 11.3 Å². The Labute approximate surface area is 175 Å². The van der Waals surface area contributed by atoms with Crippen LogP contribution in [0.5, 0.6) is 0 Å². The van der Waals surface area contributed by atoms with E-state index in [0.717, 1.165) is 43.0 Å². The molecule has 0 aliphatic carbocycles. The third kappa shape index (κ3) is 5.21. The van der Waals surface area contributed by atoms with Crippen LogP contribution in [-0.4, -0.2) is 45.0 Å². The van der Waals surface area contributed by atoms with Crippen LogP contribution in [0.4, 0.5) is 0 Å². The van der Waals surface area contributed by atoms with E-state index in [1.165, 1.54) is 10.2 Å². The molecular formula is C23H27N3O2S. The highest BCUT2D eigenvalue weighted by atomic mass is 32.1. The van der Waals surface area contributed by atoms with Crippen LogP contribution in [0, 0.1) is 0 Å². The molecule has 1 fully saturated rings. The van der Waals surface area contributed by atoms with Gasteiger partial charge in [0.05, 0.1) is 17.0 Å². The molecule has 4 rings (SSSR count). The molecule has 0 saturated carbocycles. The summed E-state index contributed by atoms with van der Waals surface area (Å²) in [6.07, 6.45) is 3.52. The molecule has 29 heavy (non-hydrogen) atoms. The third-order valence-corrected chi connectivity index (χ3v) is 6.55. The fourth-order valence-corrected chi connectivity index (χ4v) is 4.59. The number of piperidine rings is 1. The summed E-state index contributed by atoms with van der Waals surface area (Å²) in [5, 5.41) is 17.6. The fraction of sp³-hybridized carbons (Fsp3) is 0.391. The number of aliphatic hydroxyl groups is 1. The van der Waals surface area contributed by atoms with Crippen molar-refractivity contribution in [1.82, 2.24) is 14.7 Å². The van der Waals surface area contributed by atoms with Crippen LogP contribution in [0.25, 0.3) is 10.6 Å². The van der Waals surface area contributed by atoms with Crippen LogP contribution < -0.4 is 5.56 Å². The molecule has 0 radical (unpaired) electrons. The van der Waals surface area contributed by atoms with E-state index in [1.54, 1.807) is 23.5 Å². The number of nitrogens with zero attached hydrogens (tertiary/aromatic N) is 3. The van der Waals surface area contributed by atoms with Gasteiger partial charge in [0.25, 0.3) is 5.56 Å². The minimum Gasteiger partial charge on any atom is -0.388 e. The maximum atomic E-state index is 12.3. The predicted octanol–water partition coefficient (Wildman–Crippen LogP) is 3.43. The van der Waals surface area contributed by atoms with Crippen molar-refractivity contribution < 1.29 is 5.11 Å². The first-order valence-electron chi connectivity index (χ1n) is 10.2. The quantitative estimate of drug-likeness (QED) is 0.650. The summed E-state index contributed by atoms with van der Waals surface area (Å²) in [4.78, 5) is 15.7. The number of benzene rings is 1. The minimum atomic E-state index is -0.874. The van der Waals surface area contributed by atoms with E-state index in [0.29, 0.717) is 12.8 Å². The van der Waals surface area contributed by atoms with Crippen molar-refractivity contribution >= 4 is 11.3 Å². The van der Waals surface area contributed by atoms with Crippen molar-refractivity contribution in [2.45, 2.75) is 37.8 Å². The Balaban J connectivity index is 1.32. The summed E-state index contributed by atoms with van der Waals surface area (Å²) in [5.74, 6) is 0. The second-order valence-electron chi connectivity index (χ2n) is 7.85. The van der Waals surface area contributed by atoms with E-state index in [-0.39, 0.29) is 12.1 Å². The zero-order valence-corrected chi connectivity index (χ0v) is 17.4. The van der Waals surface area contributed by atoms with Crippen LogP contribution >= 0.6 is 11.3 Å². The number of aromatic nitrogens is 2. The van der Waals surface area contributed by atoms with Gasteiger partial charge in [0.2, 0.25) is 0 Å². The zero-order chi connectivity index (χ0) is 20.1. The first kappa shape index (κ1) is 20.0. The van der Waals surface area contributed by atoms with Crippen molar-refractivity contribution in [1.29, 1.82) is 0 Å². The molecule has 0 atom stereocenters. The minimum absolute atomic E-state index is 0.163. The van der Waals surface area contributed by atoms with Crippen molar-refractivity contribution in [2.24, 2.45) is 0 Å². The standard InChI is InChI=1S/C23H27N3O2S/c27-22-11-10-20(21-9-5-17-29-21)24-26(22)18-23(28)12-15-25(16-13-23)14-4-8-19-6-2-1-3-7-19/h1-3,5-7,9-11,17,28H,4,8,12-16,18H2. The molecule has 3 heterocycles. The van der Waals surface area contributed by atoms with Gasteiger partial charge in [-0.1, -0.05) is 36.4 Å². The van der Waals surface area contributed by atoms with Gasteiger partial charge in [0.15, 0.2) is 0 Å². The molecule has 0 bridgehead atoms. The van der Waals surface area contributed by atoms with Gasteiger partial charge < -0.3 is 10.0 Å². The van der Waals surface area contributed by atoms with E-state index >= 15 is 0 Å². The maximum Gasteiger partial charge on any atom is 0.266 e. The molecule has 1 N–H and O–H groups in total. The summed E-state index contributed by atoms with van der Waals surface area (Å²) >= 11 is 1.59. The Hall–Kier alpha value is -2.28. The molecule has 3 aromatic rings. The number of hydrogen-bond donors (Lipinski definition) is 1. The molecule has 1 aliphatic rings. The lowest BCUT2D eigenvalue weighted by Gasteiger charge is -2.38. The lowest BCUT2D eigenvalue weighted by Crippen LogP contribution is -2.48. The number of aryl methyl sites for hydroxylation is 1. The van der Waals surface area contributed by atoms with Crippen molar-refractivity contribution in [3.8, 4) is 10.6 Å². The zero-order valence-electron chi connectivity index (χ0n) is 16.5. The lowest BCUT2D eigenvalue weighted by molar-refractivity contribution is -0.0373. The Kier molecular flexibility index (Phi) is 6.23. The topological polar surface area (TPSA) is 58.4 Å². The average molecular weight is 410 g/mol. The normalized spacial score (nSPS) is 16.7. The number of hydrogen-bond acceptors (Lipinski definition) is 5. The van der Waals surface area contributed by atoms with E-state index in [2.05, 4.69) is 34.3 Å². The molecule has 5 nitrogen and oxygen atoms in total. The van der Waals surface area contributed by atoms with Gasteiger partial charge in [-0.25, -0.2) is 4.68 Å². The van der Waals surface area contributed by atoms with Gasteiger partial charge in [-0.05, 0) is 55.3 Å². The monoisotopic (exact) mass is 409 g/mol. The van der Waals surface area contributed by atoms with Gasteiger partial charge in [-0.2, -0.15) is 5.10 Å². The second kappa shape index (κ2) is 9.03. The van der Waals surface area contributed by atoms with Crippen LogP contribution in [0.2, 0.25) is 0 Å². The molecule has 152 valence electrons. The Morgan fingerprint density at radius 2 is 1.83 bits per heavy atom. The summed E-state index contributed by atoms with van der Waals surface area (Å²) < 4.78 is 1.43. The molecule has 6 heteroatoms. The highest BCUT2D eigenvalue weighted by molar-refractivity contribution is 7.13. The lowest BCUT2D eigenvalue weighted by atomic mass is 9.91. The van der Waals surface area contributed by atoms with Gasteiger partial charge >= 0.3 is 0 Å². The average Bonchev–Trinajstić information content (AvgIpc) is 3.27. The van der Waals surface area contributed by atoms with Crippen molar-refractivity contribution in [3.63, 3.8) is 0 Å². The van der Waals surface area contributed by atoms with Crippen LogP contribution in [0.15, 0.2) is 64.8 Å². The molecular weight excluding hydrogens is 382 g/mol. The van der Waals surface area contributed by atoms with Gasteiger partial charge in [0.1, 0.15) is 5.69 Å². The first-order valence-corrected chi connectivity index (χ1v) is 11.1. The van der Waals surface area contributed by atoms with Crippen LogP contribution in [-0.2, 0) is 13.0 Å². The van der Waals surface area contributed by atoms with Gasteiger partial charge in [0, 0.05) is 19.2 Å². The smallest absolute Gasteiger partial charge is 0.266 e. The molecule has 0 unspecified atom stereocenters. The Bertz CT molecular complexity index is 961. The largest absolute Gasteiger partial charge is 0.388 e. The maximum absolute atomic E-state index is 12.3. The SMILES string of the molecule is O=c1ccc(-c2cccs2)nn1CC1(O)CCN(CCCc2ccccc2)CC1. The molecule has 0 amide bonds. The van der Waals surface area contributed by atoms with E-state index < -0.39 is 5.60 Å². The first-order chi connectivity index (χ1) is 14.1. The summed E-state index contributed by atoms with van der Waals surface area (Å²) in [5.41, 5.74) is 1.11. The summed E-state index contributed by atoms with van der Waals surface area (Å²) in [6, 6.07) is 17.8. The molecule has 0 spiro atoms. The molecule has 1 aliphatic heterocycles. The highest BCUT2D eigenvalue weighted by Gasteiger charge is 2.33. The van der Waals surface area contributed by atoms with Crippen LogP contribution in [0.1, 0.15) is 24.8 Å². The number of thiophene rings is 1. The third-order valence-electron chi connectivity index (χ3n) is 5.65. The number of likely N-dealkylation sites (tertiary alicyclic amines) is 1. The predicted molar refractivity (Wildman–Crippen MR) is 117 cm³/mol. The summed E-state index contributed by atoms with van der Waals surface area (Å²) in [6.45, 7) is 3.00. The van der Waals surface area contributed by atoms with Gasteiger partial charge in [-0.3, -0.25) is 4.79 Å². The Morgan fingerprint density at radius 3 is 2.55 bits per heavy atom. The van der Waals surface area contributed by atoms with E-state index in [9.17, 15) is 9.90 Å². The van der Waals surface area contributed by atoms with E-state index in [1.807, 2.05) is 23.6 Å². The van der Waals surface area contributed by atoms with Crippen molar-refractivity contribution in [2.75, 3.05) is 19.6 Å². The van der Waals surface area contributed by atoms with E-state index in [4.69, 9.17) is 0 Å². The molecule has 1 aromatic carbocycles. The second-order valence-corrected chi connectivity index (χ2v) is 8.79. The van der Waals surface area contributed by atoms with Crippen LogP contribution in [0.3, 0.4) is 0 Å². The summed E-state index contributed by atoms with van der Waals surface area (Å²) in [7, 11) is 0. The molecule has 2 aromatic heterocycles. The fourth-order valence-electron chi connectivity index (χ4n) is 3.90. The molecule has 1 saturated heterocycles. The number of rotatable bonds is 7.